The summed E-state index contributed by atoms with van der Waals surface area (Å²) in [6.07, 6.45) is -2.67. The van der Waals surface area contributed by atoms with Gasteiger partial charge in [0.1, 0.15) is 17.3 Å². The maximum Gasteiger partial charge on any atom is 0.421 e. The predicted octanol–water partition coefficient (Wildman–Crippen LogP) is 4.02. The van der Waals surface area contributed by atoms with Gasteiger partial charge in [0, 0.05) is 18.0 Å². The second-order valence-corrected chi connectivity index (χ2v) is 7.61. The maximum atomic E-state index is 14.1. The van der Waals surface area contributed by atoms with E-state index in [0.29, 0.717) is 16.6 Å². The topological polar surface area (TPSA) is 85.6 Å². The second-order valence-electron chi connectivity index (χ2n) is 7.04. The monoisotopic (exact) mass is 462 g/mol. The Labute approximate surface area is 182 Å². The summed E-state index contributed by atoms with van der Waals surface area (Å²) in [5.74, 6) is -2.27. The number of carbonyl (C=O) groups excluding carboxylic acids is 1. The molecule has 5 rings (SSSR count). The molecule has 1 aliphatic heterocycles. The minimum atomic E-state index is -5.05. The Morgan fingerprint density at radius 3 is 2.66 bits per heavy atom. The van der Waals surface area contributed by atoms with E-state index < -0.39 is 28.3 Å². The first-order valence-electron chi connectivity index (χ1n) is 9.20. The first-order chi connectivity index (χ1) is 15.2. The molecule has 12 heteroatoms. The molecular weight excluding hydrogens is 452 g/mol. The number of halogens is 5. The summed E-state index contributed by atoms with van der Waals surface area (Å²) in [6.45, 7) is 0.0563. The lowest BCUT2D eigenvalue weighted by Crippen LogP contribution is -2.43. The summed E-state index contributed by atoms with van der Waals surface area (Å²) >= 11 is 5.65. The molecule has 0 spiro atoms. The average Bonchev–Trinajstić information content (AvgIpc) is 3.25. The molecule has 7 nitrogen and oxygen atoms in total. The molecule has 0 radical (unpaired) electrons. The molecule has 0 saturated heterocycles. The smallest absolute Gasteiger partial charge is 0.308 e. The molecule has 0 fully saturated rings. The predicted molar refractivity (Wildman–Crippen MR) is 106 cm³/mol. The number of hydrogen-bond donors (Lipinski definition) is 1. The van der Waals surface area contributed by atoms with Crippen molar-refractivity contribution in [2.75, 3.05) is 5.32 Å². The zero-order chi connectivity index (χ0) is 22.7. The van der Waals surface area contributed by atoms with Gasteiger partial charge < -0.3 is 5.32 Å². The van der Waals surface area contributed by atoms with Gasteiger partial charge in [0.25, 0.3) is 5.91 Å². The standard InChI is InChI=1S/C20H11ClF4N6O/c21-19(20(23,24)25)12-8-27-16(28-15(12)29-18(19)32)14-11-5-3-7-26-17(11)31(30-14)9-10-4-1-2-6-13(10)22/h1-8H,9H2,(H,27,28,29,32). The van der Waals surface area contributed by atoms with E-state index in [1.165, 1.54) is 16.9 Å². The molecule has 0 bridgehead atoms. The number of rotatable bonds is 3. The van der Waals surface area contributed by atoms with E-state index >= 15 is 0 Å². The lowest BCUT2D eigenvalue weighted by Gasteiger charge is -2.22. The summed E-state index contributed by atoms with van der Waals surface area (Å²) in [7, 11) is 0. The van der Waals surface area contributed by atoms with Crippen molar-refractivity contribution >= 4 is 34.4 Å². The van der Waals surface area contributed by atoms with Gasteiger partial charge in [0.05, 0.1) is 17.5 Å². The number of nitrogens with zero attached hydrogens (tertiary/aromatic N) is 5. The molecule has 1 aromatic carbocycles. The van der Waals surface area contributed by atoms with Crippen molar-refractivity contribution in [3.05, 3.63) is 65.7 Å². The molecule has 1 N–H and O–H groups in total. The number of alkyl halides is 4. The fourth-order valence-corrected chi connectivity index (χ4v) is 3.70. The molecule has 4 aromatic rings. The van der Waals surface area contributed by atoms with Crippen molar-refractivity contribution in [1.82, 2.24) is 24.7 Å². The average molecular weight is 463 g/mol. The third-order valence-corrected chi connectivity index (χ3v) is 5.68. The number of pyridine rings is 1. The van der Waals surface area contributed by atoms with Gasteiger partial charge in [0.15, 0.2) is 11.5 Å². The third-order valence-electron chi connectivity index (χ3n) is 5.09. The molecule has 1 unspecified atom stereocenters. The van der Waals surface area contributed by atoms with E-state index in [2.05, 4.69) is 25.4 Å². The van der Waals surface area contributed by atoms with Crippen LogP contribution in [0.15, 0.2) is 48.8 Å². The molecule has 4 heterocycles. The van der Waals surface area contributed by atoms with Gasteiger partial charge in [-0.1, -0.05) is 29.8 Å². The Bertz CT molecular complexity index is 1390. The summed E-state index contributed by atoms with van der Waals surface area (Å²) in [5, 5.41) is 6.99. The lowest BCUT2D eigenvalue weighted by molar-refractivity contribution is -0.170. The minimum Gasteiger partial charge on any atom is -0.308 e. The van der Waals surface area contributed by atoms with E-state index in [1.54, 1.807) is 30.3 Å². The summed E-state index contributed by atoms with van der Waals surface area (Å²) in [6, 6.07) is 9.49. The van der Waals surface area contributed by atoms with E-state index in [1.807, 2.05) is 0 Å². The van der Waals surface area contributed by atoms with Crippen molar-refractivity contribution < 1.29 is 22.4 Å². The van der Waals surface area contributed by atoms with Crippen LogP contribution in [-0.2, 0) is 16.2 Å². The van der Waals surface area contributed by atoms with Crippen molar-refractivity contribution in [3.8, 4) is 11.5 Å². The molecule has 0 aliphatic carbocycles. The quantitative estimate of drug-likeness (QED) is 0.367. The fraction of sp³-hybridized carbons (Fsp3) is 0.150. The Morgan fingerprint density at radius 1 is 1.12 bits per heavy atom. The highest BCUT2D eigenvalue weighted by Crippen LogP contribution is 2.51. The number of fused-ring (bicyclic) bond motifs is 2. The van der Waals surface area contributed by atoms with E-state index in [-0.39, 0.29) is 23.9 Å². The number of carbonyl (C=O) groups is 1. The van der Waals surface area contributed by atoms with Gasteiger partial charge in [-0.2, -0.15) is 18.3 Å². The number of nitrogens with one attached hydrogen (secondary N) is 1. The SMILES string of the molecule is O=C1Nc2nc(-c3nn(Cc4ccccc4F)c4ncccc34)ncc2C1(Cl)C(F)(F)F. The van der Waals surface area contributed by atoms with Crippen LogP contribution in [-0.4, -0.2) is 36.8 Å². The molecular formula is C20H11ClF4N6O. The van der Waals surface area contributed by atoms with Gasteiger partial charge in [-0.25, -0.2) is 24.0 Å². The highest BCUT2D eigenvalue weighted by Gasteiger charge is 2.65. The first-order valence-corrected chi connectivity index (χ1v) is 9.58. The van der Waals surface area contributed by atoms with Crippen LogP contribution in [0.1, 0.15) is 11.1 Å². The number of benzene rings is 1. The van der Waals surface area contributed by atoms with Crippen molar-refractivity contribution in [1.29, 1.82) is 0 Å². The summed E-state index contributed by atoms with van der Waals surface area (Å²) in [5.41, 5.74) is 0.392. The van der Waals surface area contributed by atoms with E-state index in [0.717, 1.165) is 6.20 Å². The van der Waals surface area contributed by atoms with Crippen molar-refractivity contribution in [3.63, 3.8) is 0 Å². The van der Waals surface area contributed by atoms with Crippen LogP contribution in [0.2, 0.25) is 0 Å². The van der Waals surface area contributed by atoms with Crippen LogP contribution < -0.4 is 5.32 Å². The van der Waals surface area contributed by atoms with E-state index in [4.69, 9.17) is 11.6 Å². The molecule has 1 aliphatic rings. The Morgan fingerprint density at radius 2 is 1.91 bits per heavy atom. The zero-order valence-corrected chi connectivity index (χ0v) is 16.6. The van der Waals surface area contributed by atoms with Crippen LogP contribution >= 0.6 is 11.6 Å². The molecule has 1 amide bonds. The number of anilines is 1. The Hall–Kier alpha value is -3.60. The summed E-state index contributed by atoms with van der Waals surface area (Å²) < 4.78 is 55.9. The zero-order valence-electron chi connectivity index (χ0n) is 15.9. The maximum absolute atomic E-state index is 14.1. The Kier molecular flexibility index (Phi) is 4.41. The van der Waals surface area contributed by atoms with Crippen molar-refractivity contribution in [2.24, 2.45) is 0 Å². The molecule has 162 valence electrons. The molecule has 0 saturated carbocycles. The Balaban J connectivity index is 1.62. The lowest BCUT2D eigenvalue weighted by atomic mass is 10.0. The van der Waals surface area contributed by atoms with Gasteiger partial charge in [-0.15, -0.1) is 0 Å². The van der Waals surface area contributed by atoms with Crippen molar-refractivity contribution in [2.45, 2.75) is 17.6 Å². The third kappa shape index (κ3) is 2.92. The largest absolute Gasteiger partial charge is 0.421 e. The summed E-state index contributed by atoms with van der Waals surface area (Å²) in [4.78, 5) is 21.1. The van der Waals surface area contributed by atoms with Crippen LogP contribution in [0.4, 0.5) is 23.4 Å². The van der Waals surface area contributed by atoms with E-state index in [9.17, 15) is 22.4 Å². The van der Waals surface area contributed by atoms with Crippen LogP contribution in [0.3, 0.4) is 0 Å². The van der Waals surface area contributed by atoms with Crippen LogP contribution in [0, 0.1) is 5.82 Å². The number of hydrogen-bond acceptors (Lipinski definition) is 5. The highest BCUT2D eigenvalue weighted by molar-refractivity contribution is 6.39. The highest BCUT2D eigenvalue weighted by atomic mass is 35.5. The fourth-order valence-electron chi connectivity index (χ4n) is 3.51. The first kappa shape index (κ1) is 20.3. The van der Waals surface area contributed by atoms with Crippen LogP contribution in [0.5, 0.6) is 0 Å². The molecule has 3 aromatic heterocycles. The molecule has 1 atom stereocenters. The molecule has 32 heavy (non-hydrogen) atoms. The minimum absolute atomic E-state index is 0.0441. The van der Waals surface area contributed by atoms with Crippen LogP contribution in [0.25, 0.3) is 22.6 Å². The van der Waals surface area contributed by atoms with Gasteiger partial charge in [-0.05, 0) is 18.2 Å². The van der Waals surface area contributed by atoms with Gasteiger partial charge >= 0.3 is 6.18 Å². The second kappa shape index (κ2) is 6.95. The number of amides is 1. The number of aromatic nitrogens is 5. The normalized spacial score (nSPS) is 18.1. The van der Waals surface area contributed by atoms with Gasteiger partial charge in [0.2, 0.25) is 4.87 Å². The van der Waals surface area contributed by atoms with Gasteiger partial charge in [-0.3, -0.25) is 4.79 Å².